The molecule has 1 heteroatoms. The van der Waals surface area contributed by atoms with Crippen LogP contribution >= 0.6 is 0 Å². The van der Waals surface area contributed by atoms with E-state index in [4.69, 9.17) is 0 Å². The van der Waals surface area contributed by atoms with Gasteiger partial charge in [0.2, 0.25) is 0 Å². The summed E-state index contributed by atoms with van der Waals surface area (Å²) < 4.78 is 0. The minimum Gasteiger partial charge on any atom is -0.305 e. The summed E-state index contributed by atoms with van der Waals surface area (Å²) in [5, 5.41) is 0. The molecule has 0 saturated heterocycles. The first-order valence-corrected chi connectivity index (χ1v) is 8.20. The molecule has 0 aromatic heterocycles. The molecule has 21 heavy (non-hydrogen) atoms. The third kappa shape index (κ3) is 2.30. The van der Waals surface area contributed by atoms with Crippen molar-refractivity contribution in [3.8, 4) is 0 Å². The van der Waals surface area contributed by atoms with Gasteiger partial charge in [-0.15, -0.1) is 0 Å². The summed E-state index contributed by atoms with van der Waals surface area (Å²) in [6, 6.07) is 15.9. The Balaban J connectivity index is 1.85. The predicted molar refractivity (Wildman–Crippen MR) is 88.0 cm³/mol. The highest BCUT2D eigenvalue weighted by Crippen LogP contribution is 2.36. The zero-order chi connectivity index (χ0) is 14.2. The first-order valence-electron chi connectivity index (χ1n) is 8.20. The number of aryl methyl sites for hydroxylation is 1. The molecule has 0 saturated carbocycles. The number of hydrogen-bond donors (Lipinski definition) is 0. The topological polar surface area (TPSA) is 3.24 Å². The molecule has 108 valence electrons. The van der Waals surface area contributed by atoms with Crippen molar-refractivity contribution in [2.24, 2.45) is 0 Å². The Morgan fingerprint density at radius 2 is 1.76 bits per heavy atom. The summed E-state index contributed by atoms with van der Waals surface area (Å²) in [4.78, 5) is 2.50. The lowest BCUT2D eigenvalue weighted by Gasteiger charge is -2.22. The van der Waals surface area contributed by atoms with Crippen LogP contribution in [-0.2, 0) is 19.3 Å². The Morgan fingerprint density at radius 1 is 0.905 bits per heavy atom. The highest BCUT2D eigenvalue weighted by atomic mass is 15.1. The Morgan fingerprint density at radius 3 is 2.62 bits per heavy atom. The van der Waals surface area contributed by atoms with E-state index in [0.29, 0.717) is 5.92 Å². The summed E-state index contributed by atoms with van der Waals surface area (Å²) >= 11 is 0. The van der Waals surface area contributed by atoms with Crippen LogP contribution in [0.1, 0.15) is 40.2 Å². The van der Waals surface area contributed by atoms with Crippen LogP contribution in [0.15, 0.2) is 42.5 Å². The van der Waals surface area contributed by atoms with Crippen molar-refractivity contribution in [1.82, 2.24) is 4.90 Å². The summed E-state index contributed by atoms with van der Waals surface area (Å²) in [6.07, 6.45) is 5.15. The Hall–Kier alpha value is -1.60. The molecule has 0 spiro atoms. The van der Waals surface area contributed by atoms with E-state index in [1.807, 2.05) is 0 Å². The molecule has 0 fully saturated rings. The van der Waals surface area contributed by atoms with Crippen LogP contribution < -0.4 is 0 Å². The van der Waals surface area contributed by atoms with Crippen LogP contribution in [0.5, 0.6) is 0 Å². The second-order valence-electron chi connectivity index (χ2n) is 6.60. The number of likely N-dealkylation sites (N-methyl/N-ethyl adjacent to an activating group) is 1. The van der Waals surface area contributed by atoms with Gasteiger partial charge in [-0.2, -0.15) is 0 Å². The van der Waals surface area contributed by atoms with Gasteiger partial charge in [0.1, 0.15) is 0 Å². The summed E-state index contributed by atoms with van der Waals surface area (Å²) in [6.45, 7) is 2.32. The van der Waals surface area contributed by atoms with Gasteiger partial charge >= 0.3 is 0 Å². The van der Waals surface area contributed by atoms with E-state index in [9.17, 15) is 0 Å². The molecular weight excluding hydrogens is 254 g/mol. The van der Waals surface area contributed by atoms with Crippen LogP contribution in [0.4, 0.5) is 0 Å². The average molecular weight is 277 g/mol. The molecule has 0 bridgehead atoms. The maximum atomic E-state index is 2.50. The van der Waals surface area contributed by atoms with E-state index < -0.39 is 0 Å². The molecule has 1 aliphatic carbocycles. The normalized spacial score (nSPS) is 21.7. The second kappa shape index (κ2) is 5.31. The SMILES string of the molecule is CN1CCc2c(ccc3c2CCC3)C(c2ccccc2)C1. The van der Waals surface area contributed by atoms with Gasteiger partial charge in [-0.05, 0) is 60.5 Å². The van der Waals surface area contributed by atoms with E-state index >= 15 is 0 Å². The van der Waals surface area contributed by atoms with E-state index in [2.05, 4.69) is 54.4 Å². The van der Waals surface area contributed by atoms with Crippen LogP contribution in [0, 0.1) is 0 Å². The Labute approximate surface area is 127 Å². The van der Waals surface area contributed by atoms with Gasteiger partial charge in [0, 0.05) is 19.0 Å². The van der Waals surface area contributed by atoms with Crippen molar-refractivity contribution in [3.05, 3.63) is 70.3 Å². The van der Waals surface area contributed by atoms with Crippen molar-refractivity contribution in [3.63, 3.8) is 0 Å². The van der Waals surface area contributed by atoms with Crippen molar-refractivity contribution in [2.75, 3.05) is 20.1 Å². The predicted octanol–water partition coefficient (Wildman–Crippen LogP) is 3.80. The van der Waals surface area contributed by atoms with E-state index in [1.54, 1.807) is 22.3 Å². The molecule has 2 aromatic carbocycles. The van der Waals surface area contributed by atoms with Crippen LogP contribution in [0.25, 0.3) is 0 Å². The summed E-state index contributed by atoms with van der Waals surface area (Å²) in [5.74, 6) is 0.527. The zero-order valence-electron chi connectivity index (χ0n) is 12.8. The Bertz CT molecular complexity index is 644. The van der Waals surface area contributed by atoms with Gasteiger partial charge in [0.25, 0.3) is 0 Å². The first kappa shape index (κ1) is 13.1. The van der Waals surface area contributed by atoms with Crippen molar-refractivity contribution in [2.45, 2.75) is 31.6 Å². The van der Waals surface area contributed by atoms with Gasteiger partial charge in [-0.3, -0.25) is 0 Å². The highest BCUT2D eigenvalue weighted by Gasteiger charge is 2.26. The molecule has 1 aliphatic heterocycles. The quantitative estimate of drug-likeness (QED) is 0.766. The standard InChI is InChI=1S/C20H23N/c1-21-13-12-19-17-9-5-8-16(17)10-11-18(19)20(14-21)15-6-3-2-4-7-15/h2-4,6-7,10-11,20H,5,8-9,12-14H2,1H3. The van der Waals surface area contributed by atoms with E-state index in [0.717, 1.165) is 6.54 Å². The molecule has 1 nitrogen and oxygen atoms in total. The van der Waals surface area contributed by atoms with Crippen LogP contribution in [0.2, 0.25) is 0 Å². The second-order valence-corrected chi connectivity index (χ2v) is 6.60. The third-order valence-corrected chi connectivity index (χ3v) is 5.25. The molecule has 2 aromatic rings. The number of fused-ring (bicyclic) bond motifs is 3. The van der Waals surface area contributed by atoms with Gasteiger partial charge in [0.15, 0.2) is 0 Å². The van der Waals surface area contributed by atoms with E-state index in [-0.39, 0.29) is 0 Å². The fourth-order valence-corrected chi connectivity index (χ4v) is 4.16. The molecule has 1 heterocycles. The number of hydrogen-bond acceptors (Lipinski definition) is 1. The summed E-state index contributed by atoms with van der Waals surface area (Å²) in [7, 11) is 2.27. The van der Waals surface area contributed by atoms with Gasteiger partial charge in [-0.1, -0.05) is 42.5 Å². The minimum absolute atomic E-state index is 0.527. The molecule has 4 rings (SSSR count). The van der Waals surface area contributed by atoms with Crippen molar-refractivity contribution >= 4 is 0 Å². The van der Waals surface area contributed by atoms with Gasteiger partial charge in [-0.25, -0.2) is 0 Å². The average Bonchev–Trinajstić information content (AvgIpc) is 2.93. The maximum absolute atomic E-state index is 2.50. The number of nitrogens with zero attached hydrogens (tertiary/aromatic N) is 1. The highest BCUT2D eigenvalue weighted by molar-refractivity contribution is 5.48. The lowest BCUT2D eigenvalue weighted by Crippen LogP contribution is -2.24. The Kier molecular flexibility index (Phi) is 3.31. The molecule has 0 radical (unpaired) electrons. The fourth-order valence-electron chi connectivity index (χ4n) is 4.16. The molecule has 1 unspecified atom stereocenters. The van der Waals surface area contributed by atoms with Gasteiger partial charge < -0.3 is 4.90 Å². The summed E-state index contributed by atoms with van der Waals surface area (Å²) in [5.41, 5.74) is 8.02. The van der Waals surface area contributed by atoms with E-state index in [1.165, 1.54) is 37.8 Å². The molecule has 0 N–H and O–H groups in total. The smallest absolute Gasteiger partial charge is 0.0219 e. The first-order chi connectivity index (χ1) is 10.3. The molecule has 2 aliphatic rings. The monoisotopic (exact) mass is 277 g/mol. The van der Waals surface area contributed by atoms with Crippen LogP contribution in [0.3, 0.4) is 0 Å². The number of benzene rings is 2. The lowest BCUT2D eigenvalue weighted by atomic mass is 9.85. The minimum atomic E-state index is 0.527. The number of rotatable bonds is 1. The lowest BCUT2D eigenvalue weighted by molar-refractivity contribution is 0.338. The fraction of sp³-hybridized carbons (Fsp3) is 0.400. The molecule has 1 atom stereocenters. The maximum Gasteiger partial charge on any atom is 0.0219 e. The third-order valence-electron chi connectivity index (χ3n) is 5.25. The largest absolute Gasteiger partial charge is 0.305 e. The van der Waals surface area contributed by atoms with Gasteiger partial charge in [0.05, 0.1) is 0 Å². The van der Waals surface area contributed by atoms with Crippen LogP contribution in [-0.4, -0.2) is 25.0 Å². The van der Waals surface area contributed by atoms with Crippen molar-refractivity contribution < 1.29 is 0 Å². The zero-order valence-corrected chi connectivity index (χ0v) is 12.8. The van der Waals surface area contributed by atoms with Crippen molar-refractivity contribution in [1.29, 1.82) is 0 Å². The molecule has 0 amide bonds. The molecular formula is C20H23N.